The molecule has 2 aliphatic carbocycles. The highest BCUT2D eigenvalue weighted by atomic mass is 32.2. The van der Waals surface area contributed by atoms with Crippen LogP contribution in [0, 0.1) is 5.92 Å². The van der Waals surface area contributed by atoms with Gasteiger partial charge in [0, 0.05) is 23.1 Å². The highest BCUT2D eigenvalue weighted by Gasteiger charge is 2.72. The number of aliphatic hydroxyl groups is 1. The Bertz CT molecular complexity index is 1610. The van der Waals surface area contributed by atoms with Crippen molar-refractivity contribution in [3.8, 4) is 5.75 Å². The lowest BCUT2D eigenvalue weighted by molar-refractivity contribution is -0.169. The van der Waals surface area contributed by atoms with Crippen molar-refractivity contribution in [3.63, 3.8) is 0 Å². The molecule has 0 radical (unpaired) electrons. The Hall–Kier alpha value is -3.63. The lowest BCUT2D eigenvalue weighted by atomic mass is 9.81. The number of ketones is 1. The second kappa shape index (κ2) is 6.77. The molecule has 0 bridgehead atoms. The number of nitrogen functional groups attached to an aromatic ring is 1. The third-order valence-corrected chi connectivity index (χ3v) is 9.14. The van der Waals surface area contributed by atoms with Crippen LogP contribution in [0.2, 0.25) is 0 Å². The molecule has 36 heavy (non-hydrogen) atoms. The van der Waals surface area contributed by atoms with Crippen LogP contribution < -0.4 is 15.8 Å². The van der Waals surface area contributed by atoms with Crippen molar-refractivity contribution in [3.05, 3.63) is 76.5 Å². The van der Waals surface area contributed by atoms with Gasteiger partial charge in [-0.25, -0.2) is 8.42 Å². The van der Waals surface area contributed by atoms with Crippen LogP contribution in [0.1, 0.15) is 57.8 Å². The summed E-state index contributed by atoms with van der Waals surface area (Å²) in [7, 11) is -3.59. The van der Waals surface area contributed by atoms with Crippen LogP contribution in [0.3, 0.4) is 0 Å². The van der Waals surface area contributed by atoms with Crippen LogP contribution in [0.4, 0.5) is 5.69 Å². The molecule has 1 saturated carbocycles. The highest BCUT2D eigenvalue weighted by Crippen LogP contribution is 2.61. The first-order chi connectivity index (χ1) is 16.8. The van der Waals surface area contributed by atoms with Gasteiger partial charge in [-0.05, 0) is 47.6 Å². The number of amides is 1. The third kappa shape index (κ3) is 2.71. The summed E-state index contributed by atoms with van der Waals surface area (Å²) < 4.78 is 29.9. The standard InChI is InChI=1S/C26H25N3O6S/c1-13-12-24(13,2)14-7-8-15-19(11-14)35-26(32)16-5-4-6-17(27)21(16)22(30)25(15,26)29-23(31)18-9-10-20(28-18)36(3,33)34/h4-11,13,28,32H,12,27H2,1-3H3,(H,29,31)/t13-,24+,25-,26-/m0/s1. The summed E-state index contributed by atoms with van der Waals surface area (Å²) in [4.78, 5) is 30.0. The minimum Gasteiger partial charge on any atom is -0.454 e. The molecule has 6 rings (SSSR count). The number of fused-ring (bicyclic) bond motifs is 5. The number of aromatic amines is 1. The van der Waals surface area contributed by atoms with Crippen LogP contribution in [-0.4, -0.2) is 36.5 Å². The normalized spacial score (nSPS) is 29.8. The van der Waals surface area contributed by atoms with E-state index in [1.807, 2.05) is 12.1 Å². The maximum absolute atomic E-state index is 14.0. The number of anilines is 1. The Kier molecular flexibility index (Phi) is 4.29. The Labute approximate surface area is 207 Å². The molecule has 1 aliphatic heterocycles. The van der Waals surface area contributed by atoms with Gasteiger partial charge in [-0.1, -0.05) is 38.1 Å². The van der Waals surface area contributed by atoms with Crippen LogP contribution in [0.5, 0.6) is 5.75 Å². The number of Topliss-reactive ketones (excluding diaryl/α,β-unsaturated/α-hetero) is 1. The molecule has 1 amide bonds. The van der Waals surface area contributed by atoms with E-state index in [1.54, 1.807) is 24.3 Å². The molecule has 186 valence electrons. The molecule has 2 aromatic carbocycles. The van der Waals surface area contributed by atoms with Gasteiger partial charge in [0.2, 0.25) is 11.3 Å². The number of hydrogen-bond acceptors (Lipinski definition) is 7. The quantitative estimate of drug-likeness (QED) is 0.396. The summed E-state index contributed by atoms with van der Waals surface area (Å²) in [6.45, 7) is 4.30. The van der Waals surface area contributed by atoms with Crippen LogP contribution in [0.25, 0.3) is 0 Å². The number of ether oxygens (including phenoxy) is 1. The molecule has 9 nitrogen and oxygen atoms in total. The Morgan fingerprint density at radius 1 is 1.19 bits per heavy atom. The molecule has 0 saturated heterocycles. The average Bonchev–Trinajstić information content (AvgIpc) is 3.14. The predicted octanol–water partition coefficient (Wildman–Crippen LogP) is 2.36. The van der Waals surface area contributed by atoms with Gasteiger partial charge in [0.25, 0.3) is 11.7 Å². The van der Waals surface area contributed by atoms with E-state index in [0.717, 1.165) is 18.2 Å². The van der Waals surface area contributed by atoms with Gasteiger partial charge in [0.15, 0.2) is 9.84 Å². The van der Waals surface area contributed by atoms with Crippen molar-refractivity contribution in [2.45, 2.75) is 42.0 Å². The number of benzene rings is 2. The van der Waals surface area contributed by atoms with Crippen molar-refractivity contribution in [2.75, 3.05) is 12.0 Å². The number of H-pyrrole nitrogens is 1. The van der Waals surface area contributed by atoms with Gasteiger partial charge in [0.05, 0.1) is 5.56 Å². The molecule has 2 heterocycles. The topological polar surface area (TPSA) is 152 Å². The lowest BCUT2D eigenvalue weighted by Crippen LogP contribution is -2.60. The second-order valence-electron chi connectivity index (χ2n) is 10.3. The molecular weight excluding hydrogens is 482 g/mol. The smallest absolute Gasteiger partial charge is 0.271 e. The van der Waals surface area contributed by atoms with Crippen LogP contribution >= 0.6 is 0 Å². The Morgan fingerprint density at radius 3 is 2.56 bits per heavy atom. The number of sulfone groups is 1. The zero-order valence-electron chi connectivity index (χ0n) is 19.9. The van der Waals surface area contributed by atoms with E-state index in [0.29, 0.717) is 17.2 Å². The van der Waals surface area contributed by atoms with E-state index in [4.69, 9.17) is 10.5 Å². The summed E-state index contributed by atoms with van der Waals surface area (Å²) in [5.74, 6) is -2.88. The van der Waals surface area contributed by atoms with Gasteiger partial charge < -0.3 is 25.9 Å². The van der Waals surface area contributed by atoms with Gasteiger partial charge in [-0.15, -0.1) is 0 Å². The lowest BCUT2D eigenvalue weighted by Gasteiger charge is -2.34. The van der Waals surface area contributed by atoms with Gasteiger partial charge in [-0.3, -0.25) is 9.59 Å². The van der Waals surface area contributed by atoms with Gasteiger partial charge in [-0.2, -0.15) is 0 Å². The van der Waals surface area contributed by atoms with E-state index in [9.17, 15) is 23.1 Å². The fourth-order valence-electron chi connectivity index (χ4n) is 5.67. The van der Waals surface area contributed by atoms with Gasteiger partial charge >= 0.3 is 0 Å². The van der Waals surface area contributed by atoms with Crippen LogP contribution in [-0.2, 0) is 26.6 Å². The molecule has 0 spiro atoms. The van der Waals surface area contributed by atoms with E-state index >= 15 is 0 Å². The van der Waals surface area contributed by atoms with Crippen molar-refractivity contribution < 1.29 is 27.9 Å². The first-order valence-electron chi connectivity index (χ1n) is 11.5. The maximum Gasteiger partial charge on any atom is 0.271 e. The minimum atomic E-state index is -3.59. The van der Waals surface area contributed by atoms with E-state index < -0.39 is 32.9 Å². The fraction of sp³-hybridized carbons (Fsp3) is 0.308. The summed E-state index contributed by atoms with van der Waals surface area (Å²) in [6, 6.07) is 12.7. The summed E-state index contributed by atoms with van der Waals surface area (Å²) >= 11 is 0. The average molecular weight is 508 g/mol. The first-order valence-corrected chi connectivity index (χ1v) is 13.4. The molecular formula is C26H25N3O6S. The molecule has 4 atom stereocenters. The molecule has 10 heteroatoms. The Balaban J connectivity index is 1.52. The van der Waals surface area contributed by atoms with Crippen molar-refractivity contribution in [1.29, 1.82) is 0 Å². The number of rotatable bonds is 4. The summed E-state index contributed by atoms with van der Waals surface area (Å²) in [5, 5.41) is 14.6. The number of carbonyl (C=O) groups excluding carboxylic acids is 2. The van der Waals surface area contributed by atoms with E-state index in [2.05, 4.69) is 24.1 Å². The molecule has 0 unspecified atom stereocenters. The minimum absolute atomic E-state index is 0.0340. The zero-order chi connectivity index (χ0) is 25.8. The van der Waals surface area contributed by atoms with E-state index in [-0.39, 0.29) is 32.9 Å². The predicted molar refractivity (Wildman–Crippen MR) is 130 cm³/mol. The summed E-state index contributed by atoms with van der Waals surface area (Å²) in [6.07, 6.45) is 2.02. The zero-order valence-corrected chi connectivity index (χ0v) is 20.7. The van der Waals surface area contributed by atoms with Crippen molar-refractivity contribution >= 4 is 27.2 Å². The number of hydrogen-bond donors (Lipinski definition) is 4. The number of carbonyl (C=O) groups is 2. The fourth-order valence-corrected chi connectivity index (χ4v) is 6.28. The molecule has 3 aromatic rings. The largest absolute Gasteiger partial charge is 0.454 e. The van der Waals surface area contributed by atoms with E-state index in [1.165, 1.54) is 12.1 Å². The highest BCUT2D eigenvalue weighted by molar-refractivity contribution is 7.90. The van der Waals surface area contributed by atoms with Gasteiger partial charge in [0.1, 0.15) is 16.5 Å². The molecule has 1 aromatic heterocycles. The SMILES string of the molecule is C[C@H]1C[C@@]1(C)c1ccc2c(c1)O[C@@]1(O)c3cccc(N)c3C(=O)[C@@]21NC(=O)c1ccc(S(C)(=O)=O)[nH]1. The molecule has 1 fully saturated rings. The third-order valence-electron chi connectivity index (χ3n) is 8.10. The number of nitrogens with two attached hydrogens (primary N) is 1. The number of nitrogens with one attached hydrogen (secondary N) is 2. The van der Waals surface area contributed by atoms with Crippen molar-refractivity contribution in [1.82, 2.24) is 10.3 Å². The molecule has 5 N–H and O–H groups in total. The summed E-state index contributed by atoms with van der Waals surface area (Å²) in [5.41, 5.74) is 5.67. The maximum atomic E-state index is 14.0. The number of aromatic nitrogens is 1. The second-order valence-corrected chi connectivity index (χ2v) is 12.3. The van der Waals surface area contributed by atoms with Crippen molar-refractivity contribution in [2.24, 2.45) is 5.92 Å². The Morgan fingerprint density at radius 2 is 1.92 bits per heavy atom. The first kappa shape index (κ1) is 22.8. The van der Waals surface area contributed by atoms with Crippen LogP contribution in [0.15, 0.2) is 53.6 Å². The molecule has 3 aliphatic rings. The monoisotopic (exact) mass is 507 g/mol.